The zero-order valence-corrected chi connectivity index (χ0v) is 47.7. The van der Waals surface area contributed by atoms with Gasteiger partial charge in [-0.05, 0) is 134 Å². The van der Waals surface area contributed by atoms with Gasteiger partial charge in [-0.25, -0.2) is 4.98 Å². The minimum Gasteiger partial charge on any atom is -0.309 e. The third kappa shape index (κ3) is 8.49. The average molecular weight is 1120 g/mol. The minimum absolute atomic E-state index is 0.857. The molecular weight excluding hydrogens is 1070 g/mol. The molecule has 0 saturated carbocycles. The molecule has 0 amide bonds. The topological polar surface area (TPSA) is 61.4 Å². The van der Waals surface area contributed by atoms with Crippen LogP contribution in [0.3, 0.4) is 0 Å². The summed E-state index contributed by atoms with van der Waals surface area (Å²) in [4.78, 5) is 19.7. The highest BCUT2D eigenvalue weighted by molar-refractivity contribution is 6.23. The Labute approximate surface area is 507 Å². The van der Waals surface area contributed by atoms with Crippen molar-refractivity contribution < 1.29 is 0 Å². The van der Waals surface area contributed by atoms with E-state index in [2.05, 4.69) is 304 Å². The van der Waals surface area contributed by atoms with Gasteiger partial charge in [0.1, 0.15) is 0 Å². The highest BCUT2D eigenvalue weighted by Gasteiger charge is 2.19. The summed E-state index contributed by atoms with van der Waals surface area (Å²) >= 11 is 0. The second-order valence-electron chi connectivity index (χ2n) is 22.5. The van der Waals surface area contributed by atoms with Crippen molar-refractivity contribution in [1.82, 2.24) is 29.1 Å². The molecule has 13 aromatic carbocycles. The summed E-state index contributed by atoms with van der Waals surface area (Å²) in [5, 5.41) is 11.9. The van der Waals surface area contributed by atoms with Crippen molar-refractivity contribution in [3.05, 3.63) is 316 Å². The third-order valence-electron chi connectivity index (χ3n) is 17.5. The van der Waals surface area contributed by atoms with Gasteiger partial charge in [0, 0.05) is 72.4 Å². The predicted molar refractivity (Wildman–Crippen MR) is 367 cm³/mol. The highest BCUT2D eigenvalue weighted by Crippen LogP contribution is 2.41. The Balaban J connectivity index is 0.000000192. The van der Waals surface area contributed by atoms with Crippen molar-refractivity contribution in [3.8, 4) is 67.1 Å². The summed E-state index contributed by atoms with van der Waals surface area (Å²) in [7, 11) is 0. The van der Waals surface area contributed by atoms with E-state index in [1.165, 1.54) is 93.5 Å². The summed E-state index contributed by atoms with van der Waals surface area (Å²) in [6.07, 6.45) is 5.68. The Morgan fingerprint density at radius 1 is 0.216 bits per heavy atom. The molecule has 0 saturated heterocycles. The minimum atomic E-state index is 0.857. The molecule has 0 unspecified atom stereocenters. The lowest BCUT2D eigenvalue weighted by molar-refractivity contribution is 1.18. The number of aromatic nitrogens is 6. The number of rotatable bonds is 7. The molecule has 88 heavy (non-hydrogen) atoms. The Morgan fingerprint density at radius 2 is 0.614 bits per heavy atom. The lowest BCUT2D eigenvalue weighted by Crippen LogP contribution is -1.95. The largest absolute Gasteiger partial charge is 0.309 e. The molecule has 0 fully saturated rings. The molecule has 0 radical (unpaired) electrons. The van der Waals surface area contributed by atoms with Crippen molar-refractivity contribution in [1.29, 1.82) is 0 Å². The zero-order chi connectivity index (χ0) is 58.1. The van der Waals surface area contributed by atoms with Crippen LogP contribution in [0.5, 0.6) is 0 Å². The molecule has 0 N–H and O–H groups in total. The van der Waals surface area contributed by atoms with Crippen LogP contribution >= 0.6 is 0 Å². The van der Waals surface area contributed by atoms with E-state index < -0.39 is 0 Å². The van der Waals surface area contributed by atoms with Gasteiger partial charge in [0.2, 0.25) is 0 Å². The number of fused-ring (bicyclic) bond motifs is 15. The van der Waals surface area contributed by atoms with E-state index in [9.17, 15) is 0 Å². The normalized spacial score (nSPS) is 11.6. The maximum Gasteiger partial charge on any atom is 0.0979 e. The molecule has 6 heteroatoms. The van der Waals surface area contributed by atoms with E-state index in [0.717, 1.165) is 71.7 Å². The van der Waals surface area contributed by atoms with Crippen LogP contribution in [-0.4, -0.2) is 29.1 Å². The summed E-state index contributed by atoms with van der Waals surface area (Å²) in [6.45, 7) is 0. The monoisotopic (exact) mass is 1120 g/mol. The molecule has 6 nitrogen and oxygen atoms in total. The van der Waals surface area contributed by atoms with Crippen molar-refractivity contribution in [3.63, 3.8) is 0 Å². The van der Waals surface area contributed by atoms with Crippen molar-refractivity contribution in [2.24, 2.45) is 0 Å². The van der Waals surface area contributed by atoms with Gasteiger partial charge in [-0.1, -0.05) is 218 Å². The number of pyridine rings is 2. The molecule has 18 rings (SSSR count). The molecule has 5 heterocycles. The third-order valence-corrected chi connectivity index (χ3v) is 17.5. The molecule has 18 aromatic rings. The van der Waals surface area contributed by atoms with Gasteiger partial charge in [0.05, 0.1) is 56.0 Å². The predicted octanol–water partition coefficient (Wildman–Crippen LogP) is 21.2. The molecule has 0 atom stereocenters. The van der Waals surface area contributed by atoms with Crippen LogP contribution in [-0.2, 0) is 0 Å². The number of nitrogens with zero attached hydrogens (tertiary/aromatic N) is 6. The molecular formula is C82H52N6. The van der Waals surface area contributed by atoms with Crippen molar-refractivity contribution >= 4 is 98.0 Å². The number of benzene rings is 13. The molecule has 410 valence electrons. The van der Waals surface area contributed by atoms with E-state index in [1.54, 1.807) is 0 Å². The molecule has 0 spiro atoms. The van der Waals surface area contributed by atoms with Gasteiger partial charge in [-0.15, -0.1) is 0 Å². The van der Waals surface area contributed by atoms with E-state index in [4.69, 9.17) is 9.97 Å². The van der Waals surface area contributed by atoms with E-state index >= 15 is 0 Å². The van der Waals surface area contributed by atoms with Crippen LogP contribution in [0.15, 0.2) is 316 Å². The van der Waals surface area contributed by atoms with Gasteiger partial charge in [0.25, 0.3) is 0 Å². The Bertz CT molecular complexity index is 5620. The van der Waals surface area contributed by atoms with Gasteiger partial charge in [-0.2, -0.15) is 0 Å². The zero-order valence-electron chi connectivity index (χ0n) is 47.7. The second-order valence-corrected chi connectivity index (χ2v) is 22.5. The standard InChI is InChI=1S/C58H36N4.C24H16N2/c1-2-17-42(18-3-1)61-53-26-10-8-22-46(53)50-34-39(28-30-55(50)61)40-29-31-56-51(35-40)47-23-9-11-27-54(47)62(56)43-19-13-15-38(33-43)37-14-12-16-41(32-37)52-36-59-57-48-24-6-4-20-44(48)45-21-5-7-25-49(45)58(57)60-52;1-3-7-17(8-4-1)19-13-15-25-23-21(19)11-12-22-20(14-16-26-24(22)23)18-9-5-2-6-10-18/h1-36H;1-16H. The van der Waals surface area contributed by atoms with Crippen LogP contribution in [0, 0.1) is 0 Å². The van der Waals surface area contributed by atoms with Crippen LogP contribution in [0.4, 0.5) is 0 Å². The van der Waals surface area contributed by atoms with Gasteiger partial charge in [-0.3, -0.25) is 15.0 Å². The van der Waals surface area contributed by atoms with E-state index in [-0.39, 0.29) is 0 Å². The highest BCUT2D eigenvalue weighted by atomic mass is 15.0. The van der Waals surface area contributed by atoms with Crippen LogP contribution in [0.1, 0.15) is 0 Å². The summed E-state index contributed by atoms with van der Waals surface area (Å²) in [6, 6.07) is 106. The molecule has 0 aliphatic carbocycles. The maximum absolute atomic E-state index is 5.29. The lowest BCUT2D eigenvalue weighted by Gasteiger charge is -2.12. The van der Waals surface area contributed by atoms with Crippen LogP contribution in [0.25, 0.3) is 165 Å². The smallest absolute Gasteiger partial charge is 0.0979 e. The molecule has 0 bridgehead atoms. The first-order valence-electron chi connectivity index (χ1n) is 29.8. The second kappa shape index (κ2) is 21.0. The van der Waals surface area contributed by atoms with Crippen molar-refractivity contribution in [2.75, 3.05) is 0 Å². The van der Waals surface area contributed by atoms with Gasteiger partial charge < -0.3 is 9.13 Å². The fourth-order valence-electron chi connectivity index (χ4n) is 13.4. The first kappa shape index (κ1) is 50.6. The first-order chi connectivity index (χ1) is 43.7. The lowest BCUT2D eigenvalue weighted by atomic mass is 9.97. The Hall–Kier alpha value is -11.9. The van der Waals surface area contributed by atoms with E-state index in [0.29, 0.717) is 0 Å². The molecule has 5 aromatic heterocycles. The quantitative estimate of drug-likeness (QED) is 0.149. The maximum atomic E-state index is 5.29. The number of hydrogen-bond donors (Lipinski definition) is 0. The molecule has 0 aliphatic rings. The summed E-state index contributed by atoms with van der Waals surface area (Å²) in [5.41, 5.74) is 22.1. The van der Waals surface area contributed by atoms with Gasteiger partial charge >= 0.3 is 0 Å². The fraction of sp³-hybridized carbons (Fsp3) is 0. The first-order valence-corrected chi connectivity index (χ1v) is 29.8. The number of para-hydroxylation sites is 3. The van der Waals surface area contributed by atoms with Crippen molar-refractivity contribution in [2.45, 2.75) is 0 Å². The SMILES string of the molecule is c1ccc(-c2ccnc3c2ccc2c(-c4ccccc4)ccnc23)cc1.c1ccc(-n2c3ccccc3c3cc(-c4ccc5c(c4)c4ccccc4n5-c4cccc(-c5cccc(-c6cnc7c8ccccc8c8ccccc8c7n6)c5)c4)ccc32)cc1. The van der Waals surface area contributed by atoms with Gasteiger partial charge in [0.15, 0.2) is 0 Å². The summed E-state index contributed by atoms with van der Waals surface area (Å²) in [5.74, 6) is 0. The van der Waals surface area contributed by atoms with E-state index in [1.807, 2.05) is 30.7 Å². The number of hydrogen-bond acceptors (Lipinski definition) is 4. The van der Waals surface area contributed by atoms with Crippen LogP contribution in [0.2, 0.25) is 0 Å². The fourth-order valence-corrected chi connectivity index (χ4v) is 13.4. The average Bonchev–Trinajstić information content (AvgIpc) is 1.57. The Morgan fingerprint density at radius 3 is 1.18 bits per heavy atom. The summed E-state index contributed by atoms with van der Waals surface area (Å²) < 4.78 is 4.78. The van der Waals surface area contributed by atoms with Crippen LogP contribution < -0.4 is 0 Å². The Kier molecular flexibility index (Phi) is 12.1. The molecule has 0 aliphatic heterocycles.